The fraction of sp³-hybridized carbons (Fsp3) is 1.00. The van der Waals surface area contributed by atoms with Crippen molar-refractivity contribution in [3.8, 4) is 0 Å². The fourth-order valence-corrected chi connectivity index (χ4v) is 3.44. The Morgan fingerprint density at radius 1 is 1.22 bits per heavy atom. The number of hydrogen-bond donors (Lipinski definition) is 1. The van der Waals surface area contributed by atoms with E-state index in [1.165, 1.54) is 58.3 Å². The molecule has 3 atom stereocenters. The average molecular weight is 253 g/mol. The second-order valence-corrected chi connectivity index (χ2v) is 6.30. The molecule has 1 heterocycles. The molecule has 1 N–H and O–H groups in total. The van der Waals surface area contributed by atoms with E-state index in [2.05, 4.69) is 36.0 Å². The standard InChI is InChI=1S/C15H31N3/c1-4-8-16-14-6-5-7-15(11-14)18-10-9-17(3)13(2)12-18/h13-16H,4-12H2,1-3H3. The normalized spacial score (nSPS) is 35.8. The van der Waals surface area contributed by atoms with Gasteiger partial charge in [-0.2, -0.15) is 0 Å². The predicted molar refractivity (Wildman–Crippen MR) is 78.0 cm³/mol. The van der Waals surface area contributed by atoms with E-state index in [1.807, 2.05) is 0 Å². The highest BCUT2D eigenvalue weighted by atomic mass is 15.3. The highest BCUT2D eigenvalue weighted by Gasteiger charge is 2.30. The molecule has 2 aliphatic rings. The molecule has 3 heteroatoms. The molecule has 0 aromatic carbocycles. The minimum Gasteiger partial charge on any atom is -0.314 e. The molecule has 0 bridgehead atoms. The van der Waals surface area contributed by atoms with Gasteiger partial charge in [0.05, 0.1) is 0 Å². The molecular formula is C15H31N3. The zero-order valence-corrected chi connectivity index (χ0v) is 12.5. The van der Waals surface area contributed by atoms with Crippen molar-refractivity contribution < 1.29 is 0 Å². The third kappa shape index (κ3) is 3.69. The van der Waals surface area contributed by atoms with Crippen molar-refractivity contribution in [2.24, 2.45) is 0 Å². The lowest BCUT2D eigenvalue weighted by Gasteiger charge is -2.44. The summed E-state index contributed by atoms with van der Waals surface area (Å²) in [6, 6.07) is 2.34. The molecule has 0 aromatic rings. The number of rotatable bonds is 4. The maximum atomic E-state index is 3.72. The lowest BCUT2D eigenvalue weighted by molar-refractivity contribution is 0.0518. The molecular weight excluding hydrogens is 222 g/mol. The average Bonchev–Trinajstić information content (AvgIpc) is 2.40. The maximum absolute atomic E-state index is 3.72. The molecule has 3 unspecified atom stereocenters. The molecule has 18 heavy (non-hydrogen) atoms. The van der Waals surface area contributed by atoms with Gasteiger partial charge in [-0.25, -0.2) is 0 Å². The minimum absolute atomic E-state index is 0.725. The Morgan fingerprint density at radius 3 is 2.78 bits per heavy atom. The third-order valence-corrected chi connectivity index (χ3v) is 4.84. The van der Waals surface area contributed by atoms with Gasteiger partial charge in [-0.05, 0) is 46.2 Å². The van der Waals surface area contributed by atoms with E-state index in [0.717, 1.165) is 18.1 Å². The summed E-state index contributed by atoms with van der Waals surface area (Å²) in [5.74, 6) is 0. The van der Waals surface area contributed by atoms with Crippen LogP contribution in [-0.4, -0.2) is 61.2 Å². The van der Waals surface area contributed by atoms with Crippen LogP contribution in [0.5, 0.6) is 0 Å². The maximum Gasteiger partial charge on any atom is 0.0192 e. The van der Waals surface area contributed by atoms with Crippen molar-refractivity contribution >= 4 is 0 Å². The van der Waals surface area contributed by atoms with E-state index in [-0.39, 0.29) is 0 Å². The molecule has 0 aromatic heterocycles. The Hall–Kier alpha value is -0.120. The van der Waals surface area contributed by atoms with E-state index < -0.39 is 0 Å². The Bertz CT molecular complexity index is 244. The summed E-state index contributed by atoms with van der Waals surface area (Å²) >= 11 is 0. The van der Waals surface area contributed by atoms with Crippen LogP contribution in [0.1, 0.15) is 46.0 Å². The number of nitrogens with zero attached hydrogens (tertiary/aromatic N) is 2. The topological polar surface area (TPSA) is 18.5 Å². The van der Waals surface area contributed by atoms with Crippen molar-refractivity contribution in [1.29, 1.82) is 0 Å². The van der Waals surface area contributed by atoms with Crippen LogP contribution in [-0.2, 0) is 0 Å². The van der Waals surface area contributed by atoms with Crippen LogP contribution in [0, 0.1) is 0 Å². The molecule has 2 fully saturated rings. The van der Waals surface area contributed by atoms with E-state index in [1.54, 1.807) is 0 Å². The summed E-state index contributed by atoms with van der Waals surface area (Å²) < 4.78 is 0. The van der Waals surface area contributed by atoms with Crippen molar-refractivity contribution in [2.45, 2.75) is 64.1 Å². The van der Waals surface area contributed by atoms with E-state index >= 15 is 0 Å². The first-order chi connectivity index (χ1) is 8.70. The molecule has 3 nitrogen and oxygen atoms in total. The number of nitrogens with one attached hydrogen (secondary N) is 1. The number of piperazine rings is 1. The van der Waals surface area contributed by atoms with Gasteiger partial charge in [0.15, 0.2) is 0 Å². The van der Waals surface area contributed by atoms with Gasteiger partial charge in [0.1, 0.15) is 0 Å². The van der Waals surface area contributed by atoms with Gasteiger partial charge in [0.2, 0.25) is 0 Å². The monoisotopic (exact) mass is 253 g/mol. The quantitative estimate of drug-likeness (QED) is 0.826. The fourth-order valence-electron chi connectivity index (χ4n) is 3.44. The van der Waals surface area contributed by atoms with Gasteiger partial charge in [0.25, 0.3) is 0 Å². The molecule has 1 aliphatic heterocycles. The molecule has 0 radical (unpaired) electrons. The largest absolute Gasteiger partial charge is 0.314 e. The summed E-state index contributed by atoms with van der Waals surface area (Å²) in [7, 11) is 2.26. The summed E-state index contributed by atoms with van der Waals surface area (Å²) in [5.41, 5.74) is 0. The van der Waals surface area contributed by atoms with E-state index in [4.69, 9.17) is 0 Å². The third-order valence-electron chi connectivity index (χ3n) is 4.84. The Kier molecular flexibility index (Phi) is 5.46. The van der Waals surface area contributed by atoms with Crippen molar-refractivity contribution in [3.05, 3.63) is 0 Å². The van der Waals surface area contributed by atoms with Gasteiger partial charge >= 0.3 is 0 Å². The van der Waals surface area contributed by atoms with Gasteiger partial charge in [0, 0.05) is 37.8 Å². The van der Waals surface area contributed by atoms with Crippen LogP contribution in [0.4, 0.5) is 0 Å². The summed E-state index contributed by atoms with van der Waals surface area (Å²) in [5, 5.41) is 3.72. The minimum atomic E-state index is 0.725. The van der Waals surface area contributed by atoms with Crippen molar-refractivity contribution in [3.63, 3.8) is 0 Å². The van der Waals surface area contributed by atoms with Gasteiger partial charge in [-0.15, -0.1) is 0 Å². The van der Waals surface area contributed by atoms with Crippen LogP contribution in [0.25, 0.3) is 0 Å². The number of hydrogen-bond acceptors (Lipinski definition) is 3. The van der Waals surface area contributed by atoms with Crippen LogP contribution in [0.15, 0.2) is 0 Å². The predicted octanol–water partition coefficient (Wildman–Crippen LogP) is 1.93. The SMILES string of the molecule is CCCNC1CCCC(N2CCN(C)C(C)C2)C1. The van der Waals surface area contributed by atoms with Crippen molar-refractivity contribution in [2.75, 3.05) is 33.2 Å². The van der Waals surface area contributed by atoms with Crippen LogP contribution in [0.3, 0.4) is 0 Å². The molecule has 1 saturated heterocycles. The summed E-state index contributed by atoms with van der Waals surface area (Å²) in [4.78, 5) is 5.25. The van der Waals surface area contributed by atoms with Crippen LogP contribution < -0.4 is 5.32 Å². The Morgan fingerprint density at radius 2 is 2.06 bits per heavy atom. The van der Waals surface area contributed by atoms with E-state index in [9.17, 15) is 0 Å². The second kappa shape index (κ2) is 6.88. The Balaban J connectivity index is 1.81. The first kappa shape index (κ1) is 14.3. The van der Waals surface area contributed by atoms with Gasteiger partial charge in [-0.1, -0.05) is 13.3 Å². The lowest BCUT2D eigenvalue weighted by Crippen LogP contribution is -2.55. The molecule has 2 rings (SSSR count). The highest BCUT2D eigenvalue weighted by Crippen LogP contribution is 2.25. The first-order valence-electron chi connectivity index (χ1n) is 7.88. The van der Waals surface area contributed by atoms with Gasteiger partial charge < -0.3 is 10.2 Å². The lowest BCUT2D eigenvalue weighted by atomic mass is 9.89. The highest BCUT2D eigenvalue weighted by molar-refractivity contribution is 4.88. The molecule has 1 saturated carbocycles. The molecule has 106 valence electrons. The van der Waals surface area contributed by atoms with Crippen LogP contribution in [0.2, 0.25) is 0 Å². The smallest absolute Gasteiger partial charge is 0.0192 e. The Labute approximate surface area is 113 Å². The van der Waals surface area contributed by atoms with Gasteiger partial charge in [-0.3, -0.25) is 4.90 Å². The first-order valence-corrected chi connectivity index (χ1v) is 7.88. The molecule has 1 aliphatic carbocycles. The molecule has 0 spiro atoms. The summed E-state index contributed by atoms with van der Waals surface area (Å²) in [6.07, 6.45) is 6.84. The second-order valence-electron chi connectivity index (χ2n) is 6.30. The van der Waals surface area contributed by atoms with Crippen molar-refractivity contribution in [1.82, 2.24) is 15.1 Å². The molecule has 0 amide bonds. The summed E-state index contributed by atoms with van der Waals surface area (Å²) in [6.45, 7) is 9.59. The zero-order chi connectivity index (χ0) is 13.0. The number of likely N-dealkylation sites (N-methyl/N-ethyl adjacent to an activating group) is 1. The van der Waals surface area contributed by atoms with Crippen LogP contribution >= 0.6 is 0 Å². The zero-order valence-electron chi connectivity index (χ0n) is 12.5. The van der Waals surface area contributed by atoms with E-state index in [0.29, 0.717) is 0 Å².